The summed E-state index contributed by atoms with van der Waals surface area (Å²) in [5.74, 6) is 0.522. The average molecular weight is 298 g/mol. The predicted octanol–water partition coefficient (Wildman–Crippen LogP) is 2.35. The van der Waals surface area contributed by atoms with Crippen molar-refractivity contribution in [2.45, 2.75) is 57.2 Å². The van der Waals surface area contributed by atoms with Crippen LogP contribution in [0, 0.1) is 5.92 Å². The van der Waals surface area contributed by atoms with Gasteiger partial charge in [-0.05, 0) is 31.7 Å². The van der Waals surface area contributed by atoms with Crippen molar-refractivity contribution in [1.82, 2.24) is 0 Å². The van der Waals surface area contributed by atoms with E-state index in [1.807, 2.05) is 0 Å². The van der Waals surface area contributed by atoms with E-state index < -0.39 is 12.8 Å². The highest BCUT2D eigenvalue weighted by Gasteiger charge is 2.31. The fourth-order valence-electron chi connectivity index (χ4n) is 2.44. The highest BCUT2D eigenvalue weighted by atomic mass is 19.4. The molecule has 1 aliphatic rings. The number of amides is 1. The number of rotatable bonds is 6. The Bertz CT molecular complexity index is 250. The van der Waals surface area contributed by atoms with E-state index in [1.165, 1.54) is 0 Å². The lowest BCUT2D eigenvalue weighted by Crippen LogP contribution is -2.28. The topological polar surface area (TPSA) is 78.3 Å². The Balaban J connectivity index is 0.00000110. The van der Waals surface area contributed by atoms with Gasteiger partial charge >= 0.3 is 6.18 Å². The van der Waals surface area contributed by atoms with Crippen molar-refractivity contribution in [1.29, 1.82) is 0 Å². The van der Waals surface area contributed by atoms with Crippen molar-refractivity contribution in [3.05, 3.63) is 0 Å². The third kappa shape index (κ3) is 11.0. The second-order valence-corrected chi connectivity index (χ2v) is 5.00. The van der Waals surface area contributed by atoms with Gasteiger partial charge in [0.15, 0.2) is 0 Å². The zero-order valence-corrected chi connectivity index (χ0v) is 11.7. The van der Waals surface area contributed by atoms with Gasteiger partial charge in [-0.25, -0.2) is 0 Å². The minimum Gasteiger partial charge on any atom is -0.372 e. The first-order chi connectivity index (χ1) is 9.42. The number of nitrogens with two attached hydrogens (primary N) is 2. The molecule has 1 fully saturated rings. The first kappa shape index (κ1) is 19.2. The maximum absolute atomic E-state index is 12.0. The van der Waals surface area contributed by atoms with Crippen molar-refractivity contribution in [3.8, 4) is 0 Å². The molecule has 2 atom stereocenters. The van der Waals surface area contributed by atoms with Crippen molar-refractivity contribution in [2.24, 2.45) is 17.4 Å². The fourth-order valence-corrected chi connectivity index (χ4v) is 2.44. The van der Waals surface area contributed by atoms with Gasteiger partial charge in [-0.1, -0.05) is 25.7 Å². The Morgan fingerprint density at radius 2 is 1.90 bits per heavy atom. The molecule has 120 valence electrons. The summed E-state index contributed by atoms with van der Waals surface area (Å²) in [5.41, 5.74) is 9.58. The Kier molecular flexibility index (Phi) is 10.5. The van der Waals surface area contributed by atoms with Gasteiger partial charge in [-0.2, -0.15) is 13.2 Å². The number of ether oxygens (including phenoxy) is 1. The number of halogens is 3. The Morgan fingerprint density at radius 1 is 1.25 bits per heavy atom. The van der Waals surface area contributed by atoms with E-state index in [0.717, 1.165) is 44.9 Å². The number of hydrogen-bond donors (Lipinski definition) is 2. The number of unbranched alkanes of at least 4 members (excludes halogenated alkanes) is 1. The summed E-state index contributed by atoms with van der Waals surface area (Å²) in [7, 11) is 0. The third-order valence-electron chi connectivity index (χ3n) is 3.28. The van der Waals surface area contributed by atoms with Gasteiger partial charge in [0.25, 0.3) is 0 Å². The van der Waals surface area contributed by atoms with Gasteiger partial charge in [0.05, 0.1) is 6.10 Å². The lowest BCUT2D eigenvalue weighted by atomic mass is 9.84. The zero-order valence-electron chi connectivity index (χ0n) is 11.7. The maximum atomic E-state index is 12.0. The molecule has 0 aromatic heterocycles. The largest absolute Gasteiger partial charge is 0.411 e. The van der Waals surface area contributed by atoms with E-state index in [0.29, 0.717) is 12.5 Å². The second kappa shape index (κ2) is 10.9. The average Bonchev–Trinajstić information content (AvgIpc) is 2.37. The van der Waals surface area contributed by atoms with Gasteiger partial charge in [-0.15, -0.1) is 0 Å². The summed E-state index contributed by atoms with van der Waals surface area (Å²) >= 11 is 0. The van der Waals surface area contributed by atoms with Crippen LogP contribution in [0.15, 0.2) is 0 Å². The second-order valence-electron chi connectivity index (χ2n) is 5.00. The van der Waals surface area contributed by atoms with Crippen molar-refractivity contribution >= 4 is 6.41 Å². The van der Waals surface area contributed by atoms with E-state index in [9.17, 15) is 13.2 Å². The number of hydrogen-bond acceptors (Lipinski definition) is 3. The van der Waals surface area contributed by atoms with E-state index >= 15 is 0 Å². The number of primary amides is 1. The first-order valence-corrected chi connectivity index (χ1v) is 6.96. The SMILES string of the molecule is NC=O.NCCCCC1CCCC(OCC(F)(F)F)C1. The Labute approximate surface area is 118 Å². The molecule has 1 aliphatic carbocycles. The highest BCUT2D eigenvalue weighted by Crippen LogP contribution is 2.30. The molecule has 7 heteroatoms. The zero-order chi connectivity index (χ0) is 15.4. The molecule has 20 heavy (non-hydrogen) atoms. The van der Waals surface area contributed by atoms with Crippen molar-refractivity contribution in [3.63, 3.8) is 0 Å². The summed E-state index contributed by atoms with van der Waals surface area (Å²) in [6, 6.07) is 0. The quantitative estimate of drug-likeness (QED) is 0.583. The molecular formula is C13H25F3N2O2. The molecular weight excluding hydrogens is 273 g/mol. The van der Waals surface area contributed by atoms with Gasteiger partial charge < -0.3 is 16.2 Å². The van der Waals surface area contributed by atoms with Crippen LogP contribution in [0.4, 0.5) is 13.2 Å². The molecule has 0 spiro atoms. The summed E-state index contributed by atoms with van der Waals surface area (Å²) in [6.07, 6.45) is 2.65. The van der Waals surface area contributed by atoms with Gasteiger partial charge in [0.2, 0.25) is 6.41 Å². The maximum Gasteiger partial charge on any atom is 0.411 e. The molecule has 0 aromatic rings. The van der Waals surface area contributed by atoms with Crippen LogP contribution < -0.4 is 11.5 Å². The van der Waals surface area contributed by atoms with Crippen LogP contribution in [0.25, 0.3) is 0 Å². The molecule has 1 saturated carbocycles. The summed E-state index contributed by atoms with van der Waals surface area (Å²) < 4.78 is 41.0. The third-order valence-corrected chi connectivity index (χ3v) is 3.28. The summed E-state index contributed by atoms with van der Waals surface area (Å²) in [5, 5.41) is 0. The van der Waals surface area contributed by atoms with E-state index in [4.69, 9.17) is 15.3 Å². The van der Waals surface area contributed by atoms with Crippen LogP contribution in [0.5, 0.6) is 0 Å². The molecule has 1 rings (SSSR count). The molecule has 1 amide bonds. The molecule has 0 heterocycles. The first-order valence-electron chi connectivity index (χ1n) is 6.96. The minimum absolute atomic E-state index is 0.201. The molecule has 0 aliphatic heterocycles. The van der Waals surface area contributed by atoms with E-state index in [-0.39, 0.29) is 12.5 Å². The van der Waals surface area contributed by atoms with Crippen LogP contribution in [-0.2, 0) is 9.53 Å². The molecule has 0 aromatic carbocycles. The van der Waals surface area contributed by atoms with Crippen LogP contribution in [-0.4, -0.2) is 31.8 Å². The highest BCUT2D eigenvalue weighted by molar-refractivity contribution is 5.42. The molecule has 2 unspecified atom stereocenters. The smallest absolute Gasteiger partial charge is 0.372 e. The minimum atomic E-state index is -4.20. The van der Waals surface area contributed by atoms with Gasteiger partial charge in [0.1, 0.15) is 6.61 Å². The van der Waals surface area contributed by atoms with Gasteiger partial charge in [-0.3, -0.25) is 4.79 Å². The summed E-state index contributed by atoms with van der Waals surface area (Å²) in [4.78, 5) is 8.58. The predicted molar refractivity (Wildman–Crippen MR) is 70.9 cm³/mol. The fraction of sp³-hybridized carbons (Fsp3) is 0.923. The Hall–Kier alpha value is -0.820. The van der Waals surface area contributed by atoms with Crippen LogP contribution in [0.3, 0.4) is 0 Å². The normalized spacial score (nSPS) is 22.8. The molecule has 0 saturated heterocycles. The van der Waals surface area contributed by atoms with Crippen molar-refractivity contribution in [2.75, 3.05) is 13.2 Å². The monoisotopic (exact) mass is 298 g/mol. The molecule has 4 N–H and O–H groups in total. The van der Waals surface area contributed by atoms with E-state index in [1.54, 1.807) is 0 Å². The Morgan fingerprint density at radius 3 is 2.45 bits per heavy atom. The molecule has 0 radical (unpaired) electrons. The van der Waals surface area contributed by atoms with Crippen LogP contribution in [0.1, 0.15) is 44.9 Å². The number of alkyl halides is 3. The molecule has 4 nitrogen and oxygen atoms in total. The lowest BCUT2D eigenvalue weighted by molar-refractivity contribution is -0.189. The molecule has 0 bridgehead atoms. The number of carbonyl (C=O) groups excluding carboxylic acids is 1. The van der Waals surface area contributed by atoms with Crippen molar-refractivity contribution < 1.29 is 22.7 Å². The van der Waals surface area contributed by atoms with Crippen LogP contribution >= 0.6 is 0 Å². The lowest BCUT2D eigenvalue weighted by Gasteiger charge is -2.29. The number of carbonyl (C=O) groups is 1. The van der Waals surface area contributed by atoms with Crippen LogP contribution in [0.2, 0.25) is 0 Å². The standard InChI is InChI=1S/C12H22F3NO.CH3NO/c13-12(14,15)9-17-11-6-3-5-10(8-11)4-1-2-7-16;2-1-3/h10-11H,1-9,16H2;1H,(H2,2,3). The van der Waals surface area contributed by atoms with Gasteiger partial charge in [0, 0.05) is 0 Å². The van der Waals surface area contributed by atoms with E-state index in [2.05, 4.69) is 5.73 Å². The summed E-state index contributed by atoms with van der Waals surface area (Å²) in [6.45, 7) is -0.409.